The smallest absolute Gasteiger partial charge is 0.408 e. The van der Waals surface area contributed by atoms with E-state index >= 15 is 0 Å². The second-order valence-electron chi connectivity index (χ2n) is 9.19. The summed E-state index contributed by atoms with van der Waals surface area (Å²) < 4.78 is 101. The maximum absolute atomic E-state index is 13.6. The Labute approximate surface area is 230 Å². The number of likely N-dealkylation sites (tertiary alicyclic amines) is 1. The second-order valence-corrected chi connectivity index (χ2v) is 10.7. The standard InChI is InChI=1S/C22H20ClF6N5O5S/c1-9(22(27,28)29)30-19(36)20(37)34-6-21(7-34)8-39-14-13(33(2)16(23)15(14)40(38)32-21)18(35)31-10-3-4-12(24)11(5-10)17(25)26/h3-5,9,17,32H,6-8H2,1-2H3,(H,30,36)(H,31,35)/t9-,40?/m1/s1. The fourth-order valence-corrected chi connectivity index (χ4v) is 5.77. The van der Waals surface area contributed by atoms with Crippen molar-refractivity contribution < 1.29 is 50.0 Å². The number of hydrogen-bond donors (Lipinski definition) is 3. The molecule has 2 atom stereocenters. The Kier molecular flexibility index (Phi) is 7.96. The Hall–Kier alpha value is -3.15. The molecule has 1 unspecified atom stereocenters. The van der Waals surface area contributed by atoms with Crippen molar-refractivity contribution in [3.8, 4) is 5.75 Å². The number of carbonyl (C=O) groups excluding carboxylic acids is 3. The Morgan fingerprint density at radius 1 is 1.25 bits per heavy atom. The zero-order valence-corrected chi connectivity index (χ0v) is 22.1. The summed E-state index contributed by atoms with van der Waals surface area (Å²) in [6.45, 7) is -0.169. The third kappa shape index (κ3) is 5.55. The molecule has 0 saturated carbocycles. The number of fused-ring (bicyclic) bond motifs is 1. The molecule has 40 heavy (non-hydrogen) atoms. The molecule has 3 heterocycles. The molecule has 2 aliphatic heterocycles. The monoisotopic (exact) mass is 615 g/mol. The summed E-state index contributed by atoms with van der Waals surface area (Å²) in [5.41, 5.74) is -2.55. The molecule has 3 amide bonds. The van der Waals surface area contributed by atoms with Crippen LogP contribution in [-0.4, -0.2) is 69.2 Å². The molecule has 0 bridgehead atoms. The Balaban J connectivity index is 1.49. The van der Waals surface area contributed by atoms with Gasteiger partial charge in [-0.1, -0.05) is 11.6 Å². The van der Waals surface area contributed by atoms with E-state index in [-0.39, 0.29) is 46.9 Å². The van der Waals surface area contributed by atoms with Crippen molar-refractivity contribution in [3.63, 3.8) is 0 Å². The van der Waals surface area contributed by atoms with Crippen molar-refractivity contribution in [2.24, 2.45) is 7.05 Å². The van der Waals surface area contributed by atoms with Crippen LogP contribution in [-0.2, 0) is 28.0 Å². The van der Waals surface area contributed by atoms with Crippen LogP contribution in [0.1, 0.15) is 29.4 Å². The molecule has 2 aromatic rings. The van der Waals surface area contributed by atoms with E-state index in [0.29, 0.717) is 6.92 Å². The number of nitrogens with one attached hydrogen (secondary N) is 3. The van der Waals surface area contributed by atoms with E-state index in [2.05, 4.69) is 10.0 Å². The number of ether oxygens (including phenoxy) is 1. The van der Waals surface area contributed by atoms with Gasteiger partial charge in [-0.3, -0.25) is 14.4 Å². The Bertz CT molecular complexity index is 1370. The third-order valence-electron chi connectivity index (χ3n) is 6.24. The molecule has 1 aromatic carbocycles. The number of anilines is 1. The zero-order chi connectivity index (χ0) is 29.7. The maximum atomic E-state index is 13.6. The number of carbonyl (C=O) groups is 3. The molecule has 1 saturated heterocycles. The average Bonchev–Trinajstić information content (AvgIpc) is 2.99. The van der Waals surface area contributed by atoms with Crippen LogP contribution in [0.15, 0.2) is 23.1 Å². The van der Waals surface area contributed by atoms with Crippen LogP contribution in [0.25, 0.3) is 0 Å². The Morgan fingerprint density at radius 3 is 2.50 bits per heavy atom. The third-order valence-corrected chi connectivity index (χ3v) is 8.16. The minimum atomic E-state index is -4.75. The van der Waals surface area contributed by atoms with Crippen LogP contribution in [0.4, 0.5) is 32.0 Å². The highest BCUT2D eigenvalue weighted by molar-refractivity contribution is 7.89. The van der Waals surface area contributed by atoms with E-state index in [1.165, 1.54) is 7.05 Å². The summed E-state index contributed by atoms with van der Waals surface area (Å²) in [7, 11) is 1.35. The minimum Gasteiger partial charge on any atom is -0.593 e. The highest BCUT2D eigenvalue weighted by atomic mass is 35.5. The largest absolute Gasteiger partial charge is 0.593 e. The number of hydrogen-bond acceptors (Lipinski definition) is 6. The van der Waals surface area contributed by atoms with Gasteiger partial charge in [-0.2, -0.15) is 13.2 Å². The van der Waals surface area contributed by atoms with Crippen molar-refractivity contribution in [1.29, 1.82) is 0 Å². The first kappa shape index (κ1) is 29.8. The van der Waals surface area contributed by atoms with Crippen molar-refractivity contribution in [2.45, 2.75) is 36.0 Å². The van der Waals surface area contributed by atoms with E-state index in [9.17, 15) is 45.3 Å². The number of aromatic nitrogens is 1. The number of alkyl halides is 5. The van der Waals surface area contributed by atoms with Crippen molar-refractivity contribution >= 4 is 46.4 Å². The van der Waals surface area contributed by atoms with Crippen LogP contribution in [0.5, 0.6) is 5.75 Å². The number of halogens is 7. The number of nitrogens with zero attached hydrogens (tertiary/aromatic N) is 2. The fraction of sp³-hybridized carbons (Fsp3) is 0.409. The van der Waals surface area contributed by atoms with Crippen LogP contribution < -0.4 is 20.1 Å². The molecule has 4 rings (SSSR count). The van der Waals surface area contributed by atoms with Crippen molar-refractivity contribution in [2.75, 3.05) is 25.0 Å². The van der Waals surface area contributed by atoms with Crippen LogP contribution >= 0.6 is 11.6 Å². The number of amides is 3. The lowest BCUT2D eigenvalue weighted by molar-refractivity contribution is -0.164. The summed E-state index contributed by atoms with van der Waals surface area (Å²) >= 11 is 4.17. The maximum Gasteiger partial charge on any atom is 0.408 e. The van der Waals surface area contributed by atoms with Gasteiger partial charge >= 0.3 is 18.0 Å². The molecule has 2 aliphatic rings. The first-order valence-corrected chi connectivity index (χ1v) is 12.8. The van der Waals surface area contributed by atoms with Gasteiger partial charge in [-0.25, -0.2) is 13.2 Å². The van der Waals surface area contributed by atoms with Gasteiger partial charge in [0.15, 0.2) is 10.8 Å². The van der Waals surface area contributed by atoms with Crippen LogP contribution in [0, 0.1) is 5.82 Å². The lowest BCUT2D eigenvalue weighted by Gasteiger charge is -2.47. The molecule has 3 N–H and O–H groups in total. The molecular weight excluding hydrogens is 596 g/mol. The quantitative estimate of drug-likeness (QED) is 0.276. The highest BCUT2D eigenvalue weighted by Gasteiger charge is 2.54. The lowest BCUT2D eigenvalue weighted by Crippen LogP contribution is -2.74. The number of benzene rings is 1. The summed E-state index contributed by atoms with van der Waals surface area (Å²) in [5, 5.41) is 3.72. The average molecular weight is 616 g/mol. The predicted molar refractivity (Wildman–Crippen MR) is 128 cm³/mol. The summed E-state index contributed by atoms with van der Waals surface area (Å²) in [6, 6.07) is 0.304. The molecule has 10 nitrogen and oxygen atoms in total. The van der Waals surface area contributed by atoms with Gasteiger partial charge < -0.3 is 29.4 Å². The summed E-state index contributed by atoms with van der Waals surface area (Å²) in [5.74, 6) is -5.01. The topological polar surface area (TPSA) is 128 Å². The number of rotatable bonds is 4. The molecule has 218 valence electrons. The van der Waals surface area contributed by atoms with Gasteiger partial charge in [0, 0.05) is 25.8 Å². The Morgan fingerprint density at radius 2 is 1.90 bits per heavy atom. The van der Waals surface area contributed by atoms with Gasteiger partial charge in [-0.15, -0.1) is 4.72 Å². The van der Waals surface area contributed by atoms with E-state index in [4.69, 9.17) is 16.3 Å². The minimum absolute atomic E-state index is 0.139. The highest BCUT2D eigenvalue weighted by Crippen LogP contribution is 2.41. The summed E-state index contributed by atoms with van der Waals surface area (Å²) in [6.07, 6.45) is -7.89. The molecular formula is C22H20ClF6N5O5S. The van der Waals surface area contributed by atoms with Gasteiger partial charge in [0.25, 0.3) is 17.2 Å². The van der Waals surface area contributed by atoms with Crippen molar-refractivity contribution in [3.05, 3.63) is 40.4 Å². The molecule has 0 aliphatic carbocycles. The molecule has 0 radical (unpaired) electrons. The molecule has 1 aromatic heterocycles. The SMILES string of the molecule is C[C@@H](NC(=O)C(=O)N1CC2(COc3c(c(Cl)n(C)c3C(=O)Nc3ccc(F)c(C(F)F)c3)[S+]([O-])N2)C1)C(F)(F)F. The van der Waals surface area contributed by atoms with E-state index in [0.717, 1.165) is 27.7 Å². The normalized spacial score (nSPS) is 18.9. The van der Waals surface area contributed by atoms with Crippen LogP contribution in [0.2, 0.25) is 5.15 Å². The van der Waals surface area contributed by atoms with Gasteiger partial charge in [-0.05, 0) is 25.1 Å². The van der Waals surface area contributed by atoms with Gasteiger partial charge in [0.05, 0.1) is 16.9 Å². The zero-order valence-electron chi connectivity index (χ0n) is 20.5. The molecule has 18 heteroatoms. The van der Waals surface area contributed by atoms with E-state index in [1.54, 1.807) is 5.32 Å². The van der Waals surface area contributed by atoms with Crippen LogP contribution in [0.3, 0.4) is 0 Å². The van der Waals surface area contributed by atoms with E-state index < -0.39 is 64.6 Å². The van der Waals surface area contributed by atoms with Gasteiger partial charge in [0.2, 0.25) is 5.75 Å². The molecule has 1 spiro atoms. The first-order valence-electron chi connectivity index (χ1n) is 11.3. The predicted octanol–water partition coefficient (Wildman–Crippen LogP) is 2.66. The summed E-state index contributed by atoms with van der Waals surface area (Å²) in [4.78, 5) is 38.1. The lowest BCUT2D eigenvalue weighted by atomic mass is 9.92. The second kappa shape index (κ2) is 10.7. The van der Waals surface area contributed by atoms with E-state index in [1.807, 2.05) is 0 Å². The molecule has 1 fully saturated rings. The van der Waals surface area contributed by atoms with Gasteiger partial charge in [0.1, 0.15) is 24.0 Å². The van der Waals surface area contributed by atoms with Crippen molar-refractivity contribution in [1.82, 2.24) is 19.5 Å². The fourth-order valence-electron chi connectivity index (χ4n) is 4.09. The first-order chi connectivity index (χ1) is 18.5.